The van der Waals surface area contributed by atoms with Crippen molar-refractivity contribution in [1.82, 2.24) is 19.7 Å². The lowest BCUT2D eigenvalue weighted by Crippen LogP contribution is -2.32. The van der Waals surface area contributed by atoms with Gasteiger partial charge >= 0.3 is 5.97 Å². The number of carboxylic acids is 1. The van der Waals surface area contributed by atoms with Gasteiger partial charge in [-0.05, 0) is 0 Å². The smallest absolute Gasteiger partial charge is 0.356 e. The predicted octanol–water partition coefficient (Wildman–Crippen LogP) is 0.619. The normalized spacial score (nSPS) is 13.9. The third-order valence-electron chi connectivity index (χ3n) is 3.62. The number of anilines is 1. The molecule has 0 atom stereocenters. The summed E-state index contributed by atoms with van der Waals surface area (Å²) in [6.07, 6.45) is 1.65. The highest BCUT2D eigenvalue weighted by atomic mass is 19.1. The zero-order chi connectivity index (χ0) is 15.9. The molecule has 116 valence electrons. The maximum absolute atomic E-state index is 13.4. The molecule has 0 unspecified atom stereocenters. The molecule has 0 radical (unpaired) electrons. The minimum absolute atomic E-state index is 0.0243. The molecule has 3 rings (SSSR count). The van der Waals surface area contributed by atoms with Crippen LogP contribution in [0.2, 0.25) is 0 Å². The molecule has 1 N–H and O–H groups in total. The Bertz CT molecular complexity index is 746. The van der Waals surface area contributed by atoms with Gasteiger partial charge in [0.15, 0.2) is 5.69 Å². The highest BCUT2D eigenvalue weighted by Gasteiger charge is 2.28. The Kier molecular flexibility index (Phi) is 3.39. The summed E-state index contributed by atoms with van der Waals surface area (Å²) in [5.74, 6) is -1.56. The summed E-state index contributed by atoms with van der Waals surface area (Å²) in [5.41, 5.74) is 1.53. The number of hydrogen-bond donors (Lipinski definition) is 1. The number of methoxy groups -OCH3 is 1. The molecule has 9 heteroatoms. The van der Waals surface area contributed by atoms with E-state index in [9.17, 15) is 14.3 Å². The number of aromatic carboxylic acids is 1. The Hall–Kier alpha value is -2.71. The summed E-state index contributed by atoms with van der Waals surface area (Å²) < 4.78 is 19.8. The second kappa shape index (κ2) is 5.24. The van der Waals surface area contributed by atoms with Crippen molar-refractivity contribution in [3.63, 3.8) is 0 Å². The topological polar surface area (TPSA) is 93.4 Å². The number of halogens is 1. The number of hydrogen-bond acceptors (Lipinski definition) is 6. The Morgan fingerprint density at radius 1 is 1.50 bits per heavy atom. The van der Waals surface area contributed by atoms with E-state index in [2.05, 4.69) is 15.1 Å². The van der Waals surface area contributed by atoms with Crippen LogP contribution < -0.4 is 9.64 Å². The molecular weight excluding hydrogens is 293 g/mol. The van der Waals surface area contributed by atoms with E-state index in [4.69, 9.17) is 4.74 Å². The van der Waals surface area contributed by atoms with Gasteiger partial charge in [-0.3, -0.25) is 4.68 Å². The third-order valence-corrected chi connectivity index (χ3v) is 3.62. The van der Waals surface area contributed by atoms with E-state index < -0.39 is 11.8 Å². The summed E-state index contributed by atoms with van der Waals surface area (Å²) in [6, 6.07) is 0. The molecule has 0 saturated carbocycles. The molecule has 0 spiro atoms. The number of aromatic nitrogens is 4. The fourth-order valence-corrected chi connectivity index (χ4v) is 2.57. The van der Waals surface area contributed by atoms with Crippen molar-refractivity contribution in [2.75, 3.05) is 18.6 Å². The van der Waals surface area contributed by atoms with E-state index in [0.717, 1.165) is 11.9 Å². The number of ether oxygens (including phenoxy) is 1. The molecule has 1 aliphatic heterocycles. The monoisotopic (exact) mass is 307 g/mol. The van der Waals surface area contributed by atoms with Gasteiger partial charge in [0.1, 0.15) is 0 Å². The molecule has 22 heavy (non-hydrogen) atoms. The van der Waals surface area contributed by atoms with Gasteiger partial charge in [0, 0.05) is 31.3 Å². The van der Waals surface area contributed by atoms with Crippen molar-refractivity contribution in [3.8, 4) is 5.88 Å². The fraction of sp³-hybridized carbons (Fsp3) is 0.385. The highest BCUT2D eigenvalue weighted by Crippen LogP contribution is 2.26. The van der Waals surface area contributed by atoms with E-state index >= 15 is 0 Å². The molecule has 0 fully saturated rings. The second-order valence-corrected chi connectivity index (χ2v) is 4.90. The van der Waals surface area contributed by atoms with Crippen LogP contribution in [0.1, 0.15) is 21.7 Å². The summed E-state index contributed by atoms with van der Waals surface area (Å²) in [4.78, 5) is 21.0. The number of fused-ring (bicyclic) bond motifs is 1. The first-order chi connectivity index (χ1) is 10.5. The Morgan fingerprint density at radius 2 is 2.27 bits per heavy atom. The zero-order valence-electron chi connectivity index (χ0n) is 12.1. The molecule has 0 saturated heterocycles. The Labute approximate surface area is 125 Å². The zero-order valence-corrected chi connectivity index (χ0v) is 12.1. The molecule has 0 aromatic carbocycles. The fourth-order valence-electron chi connectivity index (χ4n) is 2.57. The van der Waals surface area contributed by atoms with Crippen molar-refractivity contribution in [3.05, 3.63) is 29.0 Å². The quantitative estimate of drug-likeness (QED) is 0.888. The first kappa shape index (κ1) is 14.2. The van der Waals surface area contributed by atoms with E-state index in [-0.39, 0.29) is 11.6 Å². The molecule has 0 aliphatic carbocycles. The van der Waals surface area contributed by atoms with Crippen molar-refractivity contribution >= 4 is 11.9 Å². The summed E-state index contributed by atoms with van der Waals surface area (Å²) in [7, 11) is 3.05. The minimum atomic E-state index is -1.07. The van der Waals surface area contributed by atoms with E-state index in [1.165, 1.54) is 7.11 Å². The molecule has 3 heterocycles. The molecular formula is C13H14FN5O3. The van der Waals surface area contributed by atoms with Crippen LogP contribution in [0.3, 0.4) is 0 Å². The van der Waals surface area contributed by atoms with Crippen LogP contribution in [0.25, 0.3) is 0 Å². The van der Waals surface area contributed by atoms with Crippen molar-refractivity contribution in [2.24, 2.45) is 7.05 Å². The molecule has 2 aromatic heterocycles. The largest absolute Gasteiger partial charge is 0.479 e. The number of rotatable bonds is 3. The number of carboxylic acid groups (broad SMARTS) is 1. The van der Waals surface area contributed by atoms with E-state index in [0.29, 0.717) is 31.0 Å². The van der Waals surface area contributed by atoms with Crippen LogP contribution >= 0.6 is 0 Å². The molecule has 0 amide bonds. The van der Waals surface area contributed by atoms with Crippen LogP contribution in [0, 0.1) is 5.82 Å². The van der Waals surface area contributed by atoms with Crippen LogP contribution in [-0.2, 0) is 20.0 Å². The lowest BCUT2D eigenvalue weighted by Gasteiger charge is -2.27. The summed E-state index contributed by atoms with van der Waals surface area (Å²) >= 11 is 0. The van der Waals surface area contributed by atoms with Gasteiger partial charge in [0.25, 0.3) is 5.88 Å². The van der Waals surface area contributed by atoms with Crippen LogP contribution in [-0.4, -0.2) is 44.5 Å². The Balaban J connectivity index is 1.96. The SMILES string of the molecule is COc1nc(N2CCc3c(c(C(=O)O)nn3C)C2)ncc1F. The third kappa shape index (κ3) is 2.24. The minimum Gasteiger partial charge on any atom is -0.479 e. The molecule has 2 aromatic rings. The number of carbonyl (C=O) groups is 1. The molecule has 1 aliphatic rings. The molecule has 8 nitrogen and oxygen atoms in total. The average molecular weight is 307 g/mol. The van der Waals surface area contributed by atoms with Crippen LogP contribution in [0.4, 0.5) is 10.3 Å². The molecule has 0 bridgehead atoms. The number of aryl methyl sites for hydroxylation is 1. The van der Waals surface area contributed by atoms with Crippen molar-refractivity contribution < 1.29 is 19.0 Å². The lowest BCUT2D eigenvalue weighted by atomic mass is 10.1. The first-order valence-corrected chi connectivity index (χ1v) is 6.60. The standard InChI is InChI=1S/C13H14FN5O3/c1-18-9-3-4-19(6-7(9)10(17-18)12(20)21)13-15-5-8(14)11(16-13)22-2/h5H,3-4,6H2,1-2H3,(H,20,21). The van der Waals surface area contributed by atoms with Gasteiger partial charge in [-0.1, -0.05) is 0 Å². The predicted molar refractivity (Wildman–Crippen MR) is 73.5 cm³/mol. The van der Waals surface area contributed by atoms with Crippen molar-refractivity contribution in [2.45, 2.75) is 13.0 Å². The average Bonchev–Trinajstić information content (AvgIpc) is 2.84. The maximum Gasteiger partial charge on any atom is 0.356 e. The summed E-state index contributed by atoms with van der Waals surface area (Å²) in [5, 5.41) is 13.3. The van der Waals surface area contributed by atoms with Crippen molar-refractivity contribution in [1.29, 1.82) is 0 Å². The summed E-state index contributed by atoms with van der Waals surface area (Å²) in [6.45, 7) is 0.889. The van der Waals surface area contributed by atoms with E-state index in [1.54, 1.807) is 16.6 Å². The maximum atomic E-state index is 13.4. The lowest BCUT2D eigenvalue weighted by molar-refractivity contribution is 0.0688. The van der Waals surface area contributed by atoms with Crippen LogP contribution in [0.15, 0.2) is 6.20 Å². The Morgan fingerprint density at radius 3 is 2.95 bits per heavy atom. The van der Waals surface area contributed by atoms with Gasteiger partial charge in [0.05, 0.1) is 19.9 Å². The van der Waals surface area contributed by atoms with Gasteiger partial charge in [-0.25, -0.2) is 9.78 Å². The van der Waals surface area contributed by atoms with Crippen LogP contribution in [0.5, 0.6) is 5.88 Å². The first-order valence-electron chi connectivity index (χ1n) is 6.60. The van der Waals surface area contributed by atoms with E-state index in [1.807, 2.05) is 0 Å². The highest BCUT2D eigenvalue weighted by molar-refractivity contribution is 5.87. The van der Waals surface area contributed by atoms with Gasteiger partial charge < -0.3 is 14.7 Å². The second-order valence-electron chi connectivity index (χ2n) is 4.90. The van der Waals surface area contributed by atoms with Gasteiger partial charge in [-0.15, -0.1) is 0 Å². The van der Waals surface area contributed by atoms with Gasteiger partial charge in [0.2, 0.25) is 11.8 Å². The van der Waals surface area contributed by atoms with Gasteiger partial charge in [-0.2, -0.15) is 14.5 Å². The number of nitrogens with zero attached hydrogens (tertiary/aromatic N) is 5.